The molecule has 3 aromatic rings. The number of aryl methyl sites for hydroxylation is 1. The van der Waals surface area contributed by atoms with Crippen molar-refractivity contribution in [2.75, 3.05) is 5.32 Å². The van der Waals surface area contributed by atoms with E-state index in [2.05, 4.69) is 20.9 Å². The Bertz CT molecular complexity index is 1180. The molecule has 2 atom stereocenters. The van der Waals surface area contributed by atoms with E-state index in [0.717, 1.165) is 17.5 Å². The average Bonchev–Trinajstić information content (AvgIpc) is 3.16. The summed E-state index contributed by atoms with van der Waals surface area (Å²) in [4.78, 5) is 27.9. The zero-order valence-corrected chi connectivity index (χ0v) is 17.9. The van der Waals surface area contributed by atoms with Crippen LogP contribution in [0.25, 0.3) is 11.3 Å². The fourth-order valence-corrected chi connectivity index (χ4v) is 3.89. The SMILES string of the molecule is CC(NC(=O)NC1CCc2nc(-c3ccc(F)cc3F)cn2C1)c1ccc(NC(N)=O)cc1. The molecule has 0 fully saturated rings. The molecule has 2 heterocycles. The van der Waals surface area contributed by atoms with Gasteiger partial charge in [0.15, 0.2) is 0 Å². The lowest BCUT2D eigenvalue weighted by atomic mass is 10.1. The number of fused-ring (bicyclic) bond motifs is 1. The zero-order chi connectivity index (χ0) is 23.5. The Morgan fingerprint density at radius 2 is 1.94 bits per heavy atom. The number of primary amides is 1. The number of imidazole rings is 1. The molecule has 8 nitrogen and oxygen atoms in total. The van der Waals surface area contributed by atoms with E-state index in [1.54, 1.807) is 30.5 Å². The highest BCUT2D eigenvalue weighted by Gasteiger charge is 2.23. The maximum absolute atomic E-state index is 14.1. The van der Waals surface area contributed by atoms with Crippen LogP contribution in [0.1, 0.15) is 30.8 Å². The fraction of sp³-hybridized carbons (Fsp3) is 0.261. The predicted molar refractivity (Wildman–Crippen MR) is 119 cm³/mol. The Hall–Kier alpha value is -3.95. The van der Waals surface area contributed by atoms with Crippen LogP contribution in [0.4, 0.5) is 24.1 Å². The molecule has 33 heavy (non-hydrogen) atoms. The van der Waals surface area contributed by atoms with Crippen LogP contribution >= 0.6 is 0 Å². The van der Waals surface area contributed by atoms with Crippen molar-refractivity contribution < 1.29 is 18.4 Å². The summed E-state index contributed by atoms with van der Waals surface area (Å²) in [7, 11) is 0. The third-order valence-electron chi connectivity index (χ3n) is 5.56. The molecule has 0 radical (unpaired) electrons. The summed E-state index contributed by atoms with van der Waals surface area (Å²) in [5, 5.41) is 8.36. The van der Waals surface area contributed by atoms with E-state index in [1.165, 1.54) is 12.1 Å². The highest BCUT2D eigenvalue weighted by atomic mass is 19.1. The van der Waals surface area contributed by atoms with Gasteiger partial charge in [-0.3, -0.25) is 0 Å². The number of aromatic nitrogens is 2. The van der Waals surface area contributed by atoms with Crippen LogP contribution in [-0.4, -0.2) is 27.7 Å². The molecule has 4 rings (SSSR count). The Kier molecular flexibility index (Phi) is 6.25. The predicted octanol–water partition coefficient (Wildman–Crippen LogP) is 3.69. The number of rotatable bonds is 5. The summed E-state index contributed by atoms with van der Waals surface area (Å²) in [6.45, 7) is 2.36. The summed E-state index contributed by atoms with van der Waals surface area (Å²) in [6, 6.07) is 9.10. The molecular weight excluding hydrogens is 430 g/mol. The van der Waals surface area contributed by atoms with Gasteiger partial charge in [0, 0.05) is 42.5 Å². The minimum absolute atomic E-state index is 0.119. The van der Waals surface area contributed by atoms with Crippen molar-refractivity contribution in [1.82, 2.24) is 20.2 Å². The standard InChI is InChI=1S/C23H24F2N6O2/c1-13(14-2-5-16(6-3-14)28-22(26)32)27-23(33)29-17-7-9-21-30-20(12-31(21)11-17)18-8-4-15(24)10-19(18)25/h2-6,8,10,12-13,17H,7,9,11H2,1H3,(H3,26,28,32)(H2,27,29,33). The number of anilines is 1. The summed E-state index contributed by atoms with van der Waals surface area (Å²) < 4.78 is 29.2. The summed E-state index contributed by atoms with van der Waals surface area (Å²) in [5.74, 6) is -0.500. The molecule has 2 aromatic carbocycles. The van der Waals surface area contributed by atoms with E-state index < -0.39 is 17.7 Å². The van der Waals surface area contributed by atoms with Gasteiger partial charge in [0.25, 0.3) is 0 Å². The first-order valence-electron chi connectivity index (χ1n) is 10.5. The van der Waals surface area contributed by atoms with E-state index in [-0.39, 0.29) is 23.7 Å². The number of urea groups is 2. The Morgan fingerprint density at radius 1 is 1.18 bits per heavy atom. The second-order valence-corrected chi connectivity index (χ2v) is 8.01. The number of hydrogen-bond donors (Lipinski definition) is 4. The third-order valence-corrected chi connectivity index (χ3v) is 5.56. The van der Waals surface area contributed by atoms with E-state index in [0.29, 0.717) is 30.8 Å². The Morgan fingerprint density at radius 3 is 2.64 bits per heavy atom. The van der Waals surface area contributed by atoms with Gasteiger partial charge >= 0.3 is 12.1 Å². The molecule has 10 heteroatoms. The molecule has 0 saturated carbocycles. The highest BCUT2D eigenvalue weighted by molar-refractivity contribution is 5.87. The lowest BCUT2D eigenvalue weighted by Crippen LogP contribution is -2.46. The Balaban J connectivity index is 1.35. The van der Waals surface area contributed by atoms with E-state index in [9.17, 15) is 18.4 Å². The van der Waals surface area contributed by atoms with Gasteiger partial charge in [0.1, 0.15) is 17.5 Å². The second-order valence-electron chi connectivity index (χ2n) is 8.01. The van der Waals surface area contributed by atoms with Gasteiger partial charge in [-0.25, -0.2) is 23.4 Å². The fourth-order valence-electron chi connectivity index (χ4n) is 3.89. The topological polar surface area (TPSA) is 114 Å². The zero-order valence-electron chi connectivity index (χ0n) is 17.9. The van der Waals surface area contributed by atoms with Gasteiger partial charge in [-0.1, -0.05) is 12.1 Å². The third kappa shape index (κ3) is 5.28. The minimum atomic E-state index is -0.660. The van der Waals surface area contributed by atoms with Crippen LogP contribution in [-0.2, 0) is 13.0 Å². The molecule has 5 N–H and O–H groups in total. The van der Waals surface area contributed by atoms with Crippen LogP contribution in [0.2, 0.25) is 0 Å². The molecule has 4 amide bonds. The average molecular weight is 454 g/mol. The lowest BCUT2D eigenvalue weighted by molar-refractivity contribution is 0.230. The van der Waals surface area contributed by atoms with Gasteiger partial charge in [0.05, 0.1) is 11.7 Å². The minimum Gasteiger partial charge on any atom is -0.351 e. The van der Waals surface area contributed by atoms with Crippen LogP contribution in [0.5, 0.6) is 0 Å². The molecule has 1 aliphatic heterocycles. The number of benzene rings is 2. The van der Waals surface area contributed by atoms with Crippen molar-refractivity contribution >= 4 is 17.7 Å². The first kappa shape index (κ1) is 22.3. The molecule has 172 valence electrons. The lowest BCUT2D eigenvalue weighted by Gasteiger charge is -2.25. The maximum atomic E-state index is 14.1. The highest BCUT2D eigenvalue weighted by Crippen LogP contribution is 2.25. The smallest absolute Gasteiger partial charge is 0.316 e. The molecule has 2 unspecified atom stereocenters. The quantitative estimate of drug-likeness (QED) is 0.471. The number of nitrogens with one attached hydrogen (secondary N) is 3. The van der Waals surface area contributed by atoms with Gasteiger partial charge in [-0.05, 0) is 43.2 Å². The van der Waals surface area contributed by atoms with Gasteiger partial charge < -0.3 is 26.3 Å². The summed E-state index contributed by atoms with van der Waals surface area (Å²) in [5.41, 5.74) is 7.22. The van der Waals surface area contributed by atoms with Crippen molar-refractivity contribution in [3.63, 3.8) is 0 Å². The molecule has 0 aliphatic carbocycles. The largest absolute Gasteiger partial charge is 0.351 e. The van der Waals surface area contributed by atoms with Crippen LogP contribution in [0.3, 0.4) is 0 Å². The molecule has 0 spiro atoms. The van der Waals surface area contributed by atoms with Crippen LogP contribution < -0.4 is 21.7 Å². The molecule has 1 aliphatic rings. The molecule has 0 bridgehead atoms. The molecular formula is C23H24F2N6O2. The molecule has 0 saturated heterocycles. The van der Waals surface area contributed by atoms with Crippen molar-refractivity contribution in [1.29, 1.82) is 0 Å². The van der Waals surface area contributed by atoms with Gasteiger partial charge in [-0.15, -0.1) is 0 Å². The van der Waals surface area contributed by atoms with Crippen molar-refractivity contribution in [2.45, 2.75) is 38.4 Å². The number of nitrogens with two attached hydrogens (primary N) is 1. The van der Waals surface area contributed by atoms with Crippen LogP contribution in [0.15, 0.2) is 48.7 Å². The maximum Gasteiger partial charge on any atom is 0.316 e. The Labute approximate surface area is 189 Å². The number of hydrogen-bond acceptors (Lipinski definition) is 3. The van der Waals surface area contributed by atoms with E-state index in [4.69, 9.17) is 5.73 Å². The first-order valence-corrected chi connectivity index (χ1v) is 10.5. The van der Waals surface area contributed by atoms with E-state index in [1.807, 2.05) is 11.5 Å². The number of carbonyl (C=O) groups excluding carboxylic acids is 2. The second kappa shape index (κ2) is 9.27. The monoisotopic (exact) mass is 454 g/mol. The van der Waals surface area contributed by atoms with Crippen molar-refractivity contribution in [3.05, 3.63) is 71.7 Å². The number of halogens is 2. The van der Waals surface area contributed by atoms with E-state index >= 15 is 0 Å². The van der Waals surface area contributed by atoms with Crippen LogP contribution in [0, 0.1) is 11.6 Å². The normalized spacial score (nSPS) is 15.9. The van der Waals surface area contributed by atoms with Crippen molar-refractivity contribution in [3.8, 4) is 11.3 Å². The number of carbonyl (C=O) groups is 2. The number of nitrogens with zero attached hydrogens (tertiary/aromatic N) is 2. The summed E-state index contributed by atoms with van der Waals surface area (Å²) >= 11 is 0. The first-order chi connectivity index (χ1) is 15.8. The van der Waals surface area contributed by atoms with Crippen molar-refractivity contribution in [2.24, 2.45) is 5.73 Å². The molecule has 1 aromatic heterocycles. The van der Waals surface area contributed by atoms with Gasteiger partial charge in [0.2, 0.25) is 0 Å². The van der Waals surface area contributed by atoms with Gasteiger partial charge in [-0.2, -0.15) is 0 Å². The summed E-state index contributed by atoms with van der Waals surface area (Å²) in [6.07, 6.45) is 3.04. The number of amides is 4.